The standard InChI is InChI=1S/C13H24N2O4/c1-4-10(11(16)17)15(2)12(18)13(9-19-3)5-7-14-8-6-13/h10,14H,4-9H2,1-3H3,(H,16,17). The number of piperidine rings is 1. The van der Waals surface area contributed by atoms with E-state index in [1.54, 1.807) is 21.1 Å². The van der Waals surface area contributed by atoms with Crippen molar-refractivity contribution in [1.29, 1.82) is 0 Å². The van der Waals surface area contributed by atoms with Crippen molar-refractivity contribution in [2.24, 2.45) is 5.41 Å². The van der Waals surface area contributed by atoms with Gasteiger partial charge < -0.3 is 20.1 Å². The Morgan fingerprint density at radius 3 is 2.42 bits per heavy atom. The van der Waals surface area contributed by atoms with Crippen molar-refractivity contribution in [3.63, 3.8) is 0 Å². The summed E-state index contributed by atoms with van der Waals surface area (Å²) in [6, 6.07) is -0.767. The van der Waals surface area contributed by atoms with Gasteiger partial charge in [0.1, 0.15) is 6.04 Å². The Bertz CT molecular complexity index is 321. The molecular weight excluding hydrogens is 248 g/mol. The number of carboxylic acids is 1. The average Bonchev–Trinajstić information content (AvgIpc) is 2.39. The maximum Gasteiger partial charge on any atom is 0.326 e. The van der Waals surface area contributed by atoms with Gasteiger partial charge in [-0.2, -0.15) is 0 Å². The van der Waals surface area contributed by atoms with Gasteiger partial charge in [0, 0.05) is 14.2 Å². The van der Waals surface area contributed by atoms with Crippen molar-refractivity contribution in [3.8, 4) is 0 Å². The zero-order chi connectivity index (χ0) is 14.5. The summed E-state index contributed by atoms with van der Waals surface area (Å²) in [4.78, 5) is 25.2. The van der Waals surface area contributed by atoms with Crippen LogP contribution in [0, 0.1) is 5.41 Å². The van der Waals surface area contributed by atoms with Gasteiger partial charge in [-0.15, -0.1) is 0 Å². The molecule has 1 rings (SSSR count). The normalized spacial score (nSPS) is 19.7. The van der Waals surface area contributed by atoms with Crippen LogP contribution >= 0.6 is 0 Å². The van der Waals surface area contributed by atoms with Crippen LogP contribution in [0.4, 0.5) is 0 Å². The third-order valence-corrected chi connectivity index (χ3v) is 3.89. The first-order valence-corrected chi connectivity index (χ1v) is 6.68. The van der Waals surface area contributed by atoms with Crippen molar-refractivity contribution in [3.05, 3.63) is 0 Å². The van der Waals surface area contributed by atoms with Crippen LogP contribution in [0.15, 0.2) is 0 Å². The lowest BCUT2D eigenvalue weighted by molar-refractivity contribution is -0.157. The van der Waals surface area contributed by atoms with Crippen LogP contribution in [0.2, 0.25) is 0 Å². The lowest BCUT2D eigenvalue weighted by atomic mass is 9.78. The number of carboxylic acid groups (broad SMARTS) is 1. The molecule has 1 saturated heterocycles. The van der Waals surface area contributed by atoms with Crippen LogP contribution < -0.4 is 5.32 Å². The van der Waals surface area contributed by atoms with Gasteiger partial charge in [0.15, 0.2) is 0 Å². The van der Waals surface area contributed by atoms with E-state index in [1.807, 2.05) is 0 Å². The minimum atomic E-state index is -0.958. The van der Waals surface area contributed by atoms with Crippen molar-refractivity contribution in [2.75, 3.05) is 33.9 Å². The molecule has 0 bridgehead atoms. The molecule has 0 aliphatic carbocycles. The molecule has 0 spiro atoms. The molecule has 110 valence electrons. The highest BCUT2D eigenvalue weighted by Gasteiger charge is 2.43. The van der Waals surface area contributed by atoms with Gasteiger partial charge in [-0.3, -0.25) is 4.79 Å². The molecule has 1 atom stereocenters. The van der Waals surface area contributed by atoms with E-state index in [1.165, 1.54) is 4.90 Å². The number of carbonyl (C=O) groups is 2. The topological polar surface area (TPSA) is 78.9 Å². The molecule has 0 aromatic heterocycles. The van der Waals surface area contributed by atoms with Crippen LogP contribution in [0.3, 0.4) is 0 Å². The van der Waals surface area contributed by atoms with Crippen molar-refractivity contribution in [2.45, 2.75) is 32.2 Å². The van der Waals surface area contributed by atoms with E-state index in [4.69, 9.17) is 9.84 Å². The molecule has 2 N–H and O–H groups in total. The lowest BCUT2D eigenvalue weighted by Gasteiger charge is -2.39. The summed E-state index contributed by atoms with van der Waals surface area (Å²) in [6.07, 6.45) is 1.76. The Morgan fingerprint density at radius 2 is 2.00 bits per heavy atom. The second-order valence-electron chi connectivity index (χ2n) is 5.14. The Morgan fingerprint density at radius 1 is 1.42 bits per heavy atom. The fraction of sp³-hybridized carbons (Fsp3) is 0.846. The van der Waals surface area contributed by atoms with Crippen LogP contribution in [-0.4, -0.2) is 61.8 Å². The number of aliphatic carboxylic acids is 1. The first-order chi connectivity index (χ1) is 8.98. The number of ether oxygens (including phenoxy) is 1. The highest BCUT2D eigenvalue weighted by Crippen LogP contribution is 2.32. The number of methoxy groups -OCH3 is 1. The first kappa shape index (κ1) is 15.9. The predicted molar refractivity (Wildman–Crippen MR) is 70.9 cm³/mol. The minimum Gasteiger partial charge on any atom is -0.480 e. The summed E-state index contributed by atoms with van der Waals surface area (Å²) in [5, 5.41) is 12.4. The molecular formula is C13H24N2O4. The monoisotopic (exact) mass is 272 g/mol. The molecule has 0 aromatic carbocycles. The van der Waals surface area contributed by atoms with Gasteiger partial charge >= 0.3 is 5.97 Å². The van der Waals surface area contributed by atoms with E-state index in [0.717, 1.165) is 13.1 Å². The van der Waals surface area contributed by atoms with Crippen LogP contribution in [-0.2, 0) is 14.3 Å². The molecule has 1 unspecified atom stereocenters. The third-order valence-electron chi connectivity index (χ3n) is 3.89. The maximum absolute atomic E-state index is 12.7. The average molecular weight is 272 g/mol. The van der Waals surface area contributed by atoms with Gasteiger partial charge in [0.2, 0.25) is 5.91 Å². The summed E-state index contributed by atoms with van der Waals surface area (Å²) in [7, 11) is 3.15. The fourth-order valence-electron chi connectivity index (χ4n) is 2.73. The Labute approximate surface area is 114 Å². The van der Waals surface area contributed by atoms with Gasteiger partial charge in [0.25, 0.3) is 0 Å². The number of rotatable bonds is 6. The molecule has 1 fully saturated rings. The van der Waals surface area contributed by atoms with Crippen molar-refractivity contribution in [1.82, 2.24) is 10.2 Å². The molecule has 1 aliphatic rings. The van der Waals surface area contributed by atoms with Gasteiger partial charge in [-0.05, 0) is 32.4 Å². The molecule has 6 nitrogen and oxygen atoms in total. The van der Waals surface area contributed by atoms with E-state index >= 15 is 0 Å². The molecule has 6 heteroatoms. The van der Waals surface area contributed by atoms with Crippen LogP contribution in [0.1, 0.15) is 26.2 Å². The number of nitrogens with one attached hydrogen (secondary N) is 1. The van der Waals surface area contributed by atoms with E-state index in [0.29, 0.717) is 25.9 Å². The highest BCUT2D eigenvalue weighted by molar-refractivity contribution is 5.87. The second-order valence-corrected chi connectivity index (χ2v) is 5.14. The number of amides is 1. The molecule has 1 aliphatic heterocycles. The smallest absolute Gasteiger partial charge is 0.326 e. The Hall–Kier alpha value is -1.14. The van der Waals surface area contributed by atoms with E-state index in [2.05, 4.69) is 5.32 Å². The predicted octanol–water partition coefficient (Wildman–Crippen LogP) is 0.324. The molecule has 0 aromatic rings. The highest BCUT2D eigenvalue weighted by atomic mass is 16.5. The summed E-state index contributed by atoms with van der Waals surface area (Å²) in [5.74, 6) is -1.08. The number of carbonyl (C=O) groups excluding carboxylic acids is 1. The maximum atomic E-state index is 12.7. The van der Waals surface area contributed by atoms with Gasteiger partial charge in [-0.1, -0.05) is 6.92 Å². The zero-order valence-electron chi connectivity index (χ0n) is 11.9. The Kier molecular flexibility index (Phi) is 5.75. The summed E-state index contributed by atoms with van der Waals surface area (Å²) < 4.78 is 5.21. The van der Waals surface area contributed by atoms with E-state index in [-0.39, 0.29) is 5.91 Å². The van der Waals surface area contributed by atoms with Gasteiger partial charge in [0.05, 0.1) is 12.0 Å². The quantitative estimate of drug-likeness (QED) is 0.728. The first-order valence-electron chi connectivity index (χ1n) is 6.68. The molecule has 19 heavy (non-hydrogen) atoms. The summed E-state index contributed by atoms with van der Waals surface area (Å²) in [5.41, 5.74) is -0.586. The van der Waals surface area contributed by atoms with E-state index < -0.39 is 17.4 Å². The second kappa shape index (κ2) is 6.86. The number of nitrogens with zero attached hydrogens (tertiary/aromatic N) is 1. The van der Waals surface area contributed by atoms with Crippen molar-refractivity contribution >= 4 is 11.9 Å². The largest absolute Gasteiger partial charge is 0.480 e. The summed E-state index contributed by atoms with van der Waals surface area (Å²) in [6.45, 7) is 3.63. The molecule has 1 heterocycles. The fourth-order valence-corrected chi connectivity index (χ4v) is 2.73. The molecule has 1 amide bonds. The summed E-state index contributed by atoms with van der Waals surface area (Å²) >= 11 is 0. The Balaban J connectivity index is 2.89. The van der Waals surface area contributed by atoms with Crippen molar-refractivity contribution < 1.29 is 19.4 Å². The zero-order valence-corrected chi connectivity index (χ0v) is 11.9. The number of hydrogen-bond donors (Lipinski definition) is 2. The van der Waals surface area contributed by atoms with Crippen LogP contribution in [0.25, 0.3) is 0 Å². The lowest BCUT2D eigenvalue weighted by Crippen LogP contribution is -2.54. The van der Waals surface area contributed by atoms with Gasteiger partial charge in [-0.25, -0.2) is 4.79 Å². The molecule has 0 radical (unpaired) electrons. The minimum absolute atomic E-state index is 0.120. The number of likely N-dealkylation sites (N-methyl/N-ethyl adjacent to an activating group) is 1. The third kappa shape index (κ3) is 3.45. The van der Waals surface area contributed by atoms with E-state index in [9.17, 15) is 9.59 Å². The SMILES string of the molecule is CCC(C(=O)O)N(C)C(=O)C1(COC)CCNCC1. The molecule has 0 saturated carbocycles. The number of hydrogen-bond acceptors (Lipinski definition) is 4. The van der Waals surface area contributed by atoms with Crippen LogP contribution in [0.5, 0.6) is 0 Å².